The average molecular weight is 433 g/mol. The molecule has 10 atom stereocenters. The number of rotatable bonds is 6. The van der Waals surface area contributed by atoms with Crippen molar-refractivity contribution in [2.75, 3.05) is 0 Å². The van der Waals surface area contributed by atoms with Crippen LogP contribution in [0.15, 0.2) is 0 Å². The van der Waals surface area contributed by atoms with Crippen molar-refractivity contribution in [3.63, 3.8) is 0 Å². The van der Waals surface area contributed by atoms with Gasteiger partial charge in [-0.3, -0.25) is 0 Å². The zero-order valence-corrected chi connectivity index (χ0v) is 21.6. The molecule has 2 nitrogen and oxygen atoms in total. The van der Waals surface area contributed by atoms with Crippen LogP contribution < -0.4 is 0 Å². The minimum Gasteiger partial charge on any atom is -0.390 e. The maximum atomic E-state index is 10.7. The largest absolute Gasteiger partial charge is 0.390 e. The predicted octanol–water partition coefficient (Wildman–Crippen LogP) is 7.36. The van der Waals surface area contributed by atoms with E-state index in [2.05, 4.69) is 34.6 Å². The molecule has 0 amide bonds. The van der Waals surface area contributed by atoms with Gasteiger partial charge in [-0.15, -0.1) is 0 Å². The zero-order valence-electron chi connectivity index (χ0n) is 21.6. The number of hydrogen-bond acceptors (Lipinski definition) is 2. The number of aliphatic hydroxyl groups is 2. The lowest BCUT2D eigenvalue weighted by atomic mass is 9.43. The SMILES string of the molecule is CCC[C@](C)(O)CC[C@@H](C)[C@H]1CC[C@H]2[C@@H]3CC[C@H]4C[C@@](C)(O)CC[C@]4(C)[C@H]3CC[C@]12C. The maximum Gasteiger partial charge on any atom is 0.0622 e. The summed E-state index contributed by atoms with van der Waals surface area (Å²) in [7, 11) is 0. The van der Waals surface area contributed by atoms with Crippen LogP contribution in [0, 0.1) is 46.3 Å². The Kier molecular flexibility index (Phi) is 6.44. The van der Waals surface area contributed by atoms with Crippen LogP contribution in [-0.2, 0) is 0 Å². The normalized spacial score (nSPS) is 50.1. The molecule has 0 aliphatic heterocycles. The molecule has 0 spiro atoms. The highest BCUT2D eigenvalue weighted by atomic mass is 16.3. The molecule has 0 radical (unpaired) electrons. The predicted molar refractivity (Wildman–Crippen MR) is 130 cm³/mol. The lowest BCUT2D eigenvalue weighted by Crippen LogP contribution is -2.55. The zero-order chi connectivity index (χ0) is 22.7. The van der Waals surface area contributed by atoms with Gasteiger partial charge in [0.1, 0.15) is 0 Å². The first-order valence-corrected chi connectivity index (χ1v) is 13.9. The molecule has 0 bridgehead atoms. The van der Waals surface area contributed by atoms with Crippen molar-refractivity contribution in [2.24, 2.45) is 46.3 Å². The van der Waals surface area contributed by atoms with Gasteiger partial charge in [-0.05, 0) is 137 Å². The Morgan fingerprint density at radius 1 is 0.903 bits per heavy atom. The fourth-order valence-corrected chi connectivity index (χ4v) is 9.81. The Labute approximate surface area is 193 Å². The molecule has 0 unspecified atom stereocenters. The van der Waals surface area contributed by atoms with Crippen molar-refractivity contribution >= 4 is 0 Å². The fraction of sp³-hybridized carbons (Fsp3) is 1.00. The van der Waals surface area contributed by atoms with Gasteiger partial charge in [-0.25, -0.2) is 0 Å². The highest BCUT2D eigenvalue weighted by molar-refractivity contribution is 5.10. The highest BCUT2D eigenvalue weighted by Crippen LogP contribution is 2.68. The lowest BCUT2D eigenvalue weighted by molar-refractivity contribution is -0.148. The van der Waals surface area contributed by atoms with Crippen molar-refractivity contribution in [3.8, 4) is 0 Å². The van der Waals surface area contributed by atoms with Crippen LogP contribution in [-0.4, -0.2) is 21.4 Å². The highest BCUT2D eigenvalue weighted by Gasteiger charge is 2.61. The molecule has 4 rings (SSSR count). The van der Waals surface area contributed by atoms with Gasteiger partial charge >= 0.3 is 0 Å². The Morgan fingerprint density at radius 3 is 2.32 bits per heavy atom. The molecule has 0 aromatic rings. The summed E-state index contributed by atoms with van der Waals surface area (Å²) in [6.07, 6.45) is 15.9. The van der Waals surface area contributed by atoms with Crippen LogP contribution in [0.3, 0.4) is 0 Å². The molecular weight excluding hydrogens is 380 g/mol. The monoisotopic (exact) mass is 432 g/mol. The molecule has 2 heteroatoms. The Hall–Kier alpha value is -0.0800. The van der Waals surface area contributed by atoms with E-state index >= 15 is 0 Å². The summed E-state index contributed by atoms with van der Waals surface area (Å²) in [5.41, 5.74) is 0.0808. The van der Waals surface area contributed by atoms with E-state index in [9.17, 15) is 10.2 Å². The van der Waals surface area contributed by atoms with Crippen molar-refractivity contribution in [1.82, 2.24) is 0 Å². The Balaban J connectivity index is 1.45. The smallest absolute Gasteiger partial charge is 0.0622 e. The summed E-state index contributed by atoms with van der Waals surface area (Å²) in [6.45, 7) is 14.1. The van der Waals surface area contributed by atoms with Crippen LogP contribution in [0.2, 0.25) is 0 Å². The summed E-state index contributed by atoms with van der Waals surface area (Å²) in [5.74, 6) is 5.03. The summed E-state index contributed by atoms with van der Waals surface area (Å²) in [5, 5.41) is 21.4. The van der Waals surface area contributed by atoms with Gasteiger partial charge in [0.2, 0.25) is 0 Å². The fourth-order valence-electron chi connectivity index (χ4n) is 9.81. The third-order valence-electron chi connectivity index (χ3n) is 11.6. The molecule has 180 valence electrons. The van der Waals surface area contributed by atoms with E-state index in [1.54, 1.807) is 0 Å². The van der Waals surface area contributed by atoms with Crippen LogP contribution >= 0.6 is 0 Å². The van der Waals surface area contributed by atoms with Gasteiger partial charge in [0.05, 0.1) is 11.2 Å². The summed E-state index contributed by atoms with van der Waals surface area (Å²) < 4.78 is 0. The molecule has 4 aliphatic carbocycles. The van der Waals surface area contributed by atoms with Gasteiger partial charge in [-0.1, -0.05) is 34.1 Å². The molecule has 31 heavy (non-hydrogen) atoms. The van der Waals surface area contributed by atoms with E-state index in [-0.39, 0.29) is 0 Å². The second kappa shape index (κ2) is 8.30. The quantitative estimate of drug-likeness (QED) is 0.460. The Bertz CT molecular complexity index is 639. The van der Waals surface area contributed by atoms with E-state index in [1.807, 2.05) is 6.92 Å². The summed E-state index contributed by atoms with van der Waals surface area (Å²) in [6, 6.07) is 0. The maximum absolute atomic E-state index is 10.7. The summed E-state index contributed by atoms with van der Waals surface area (Å²) >= 11 is 0. The molecule has 4 fully saturated rings. The first-order chi connectivity index (χ1) is 14.4. The van der Waals surface area contributed by atoms with Gasteiger partial charge in [0.15, 0.2) is 0 Å². The first-order valence-electron chi connectivity index (χ1n) is 13.9. The summed E-state index contributed by atoms with van der Waals surface area (Å²) in [4.78, 5) is 0. The van der Waals surface area contributed by atoms with Gasteiger partial charge in [-0.2, -0.15) is 0 Å². The van der Waals surface area contributed by atoms with Crippen LogP contribution in [0.1, 0.15) is 125 Å². The second-order valence-corrected chi connectivity index (χ2v) is 13.8. The van der Waals surface area contributed by atoms with Gasteiger partial charge in [0, 0.05) is 0 Å². The molecule has 4 saturated carbocycles. The minimum atomic E-state index is -0.477. The second-order valence-electron chi connectivity index (χ2n) is 13.8. The molecule has 2 N–H and O–H groups in total. The van der Waals surface area contributed by atoms with Crippen molar-refractivity contribution in [2.45, 2.75) is 136 Å². The number of hydrogen-bond donors (Lipinski definition) is 2. The topological polar surface area (TPSA) is 40.5 Å². The average Bonchev–Trinajstić information content (AvgIpc) is 3.04. The van der Waals surface area contributed by atoms with Crippen molar-refractivity contribution in [3.05, 3.63) is 0 Å². The van der Waals surface area contributed by atoms with E-state index in [1.165, 1.54) is 51.4 Å². The van der Waals surface area contributed by atoms with Gasteiger partial charge in [0.25, 0.3) is 0 Å². The first kappa shape index (κ1) is 24.1. The van der Waals surface area contributed by atoms with E-state index in [0.717, 1.165) is 67.6 Å². The van der Waals surface area contributed by atoms with Gasteiger partial charge < -0.3 is 10.2 Å². The van der Waals surface area contributed by atoms with E-state index in [4.69, 9.17) is 0 Å². The third kappa shape index (κ3) is 4.27. The van der Waals surface area contributed by atoms with Crippen molar-refractivity contribution in [1.29, 1.82) is 0 Å². The van der Waals surface area contributed by atoms with Crippen LogP contribution in [0.5, 0.6) is 0 Å². The van der Waals surface area contributed by atoms with Crippen molar-refractivity contribution < 1.29 is 10.2 Å². The van der Waals surface area contributed by atoms with Crippen LogP contribution in [0.4, 0.5) is 0 Å². The molecular formula is C29H52O2. The molecule has 0 heterocycles. The third-order valence-corrected chi connectivity index (χ3v) is 11.6. The Morgan fingerprint density at radius 2 is 1.61 bits per heavy atom. The molecule has 4 aliphatic rings. The van der Waals surface area contributed by atoms with Crippen LogP contribution in [0.25, 0.3) is 0 Å². The molecule has 0 aromatic carbocycles. The van der Waals surface area contributed by atoms with E-state index < -0.39 is 11.2 Å². The lowest BCUT2D eigenvalue weighted by Gasteiger charge is -2.62. The standard InChI is InChI=1S/C29H52O2/c1-7-14-26(3,30)15-12-20(2)23-10-11-24-22-9-8-21-19-27(4,31)17-18-28(21,5)25(22)13-16-29(23,24)6/h20-25,30-31H,7-19H2,1-6H3/t20-,21+,22+,23-,24+,25+,26+,27+,28+,29-/m1/s1. The number of fused-ring (bicyclic) bond motifs is 5. The molecule has 0 saturated heterocycles. The minimum absolute atomic E-state index is 0.424. The molecule has 0 aromatic heterocycles. The van der Waals surface area contributed by atoms with E-state index in [0.29, 0.717) is 10.8 Å².